The number of aliphatic imine (C=N–C) groups is 1. The third kappa shape index (κ3) is 2.86. The van der Waals surface area contributed by atoms with Crippen LogP contribution < -0.4 is 0 Å². The molecule has 0 bridgehead atoms. The van der Waals surface area contributed by atoms with E-state index < -0.39 is 0 Å². The van der Waals surface area contributed by atoms with Gasteiger partial charge >= 0.3 is 0 Å². The molecule has 102 valence electrons. The number of nitrogens with zero attached hydrogens (tertiary/aromatic N) is 2. The highest BCUT2D eigenvalue weighted by molar-refractivity contribution is 5.93. The highest BCUT2D eigenvalue weighted by Crippen LogP contribution is 2.15. The summed E-state index contributed by atoms with van der Waals surface area (Å²) in [7, 11) is 0. The average molecular weight is 268 g/mol. The number of aliphatic hydroxyl groups excluding tert-OH is 1. The van der Waals surface area contributed by atoms with Crippen LogP contribution in [0, 0.1) is 0 Å². The van der Waals surface area contributed by atoms with Crippen molar-refractivity contribution in [1.29, 1.82) is 0 Å². The zero-order valence-corrected chi connectivity index (χ0v) is 11.1. The predicted molar refractivity (Wildman–Crippen MR) is 76.6 cm³/mol. The third-order valence-corrected chi connectivity index (χ3v) is 3.21. The van der Waals surface area contributed by atoms with E-state index in [1.807, 2.05) is 30.3 Å². The summed E-state index contributed by atoms with van der Waals surface area (Å²) in [5.74, 6) is 0.571. The van der Waals surface area contributed by atoms with Crippen molar-refractivity contribution in [3.63, 3.8) is 0 Å². The SMILES string of the molecule is OCc1cccc(C2=NC(Cc3ccccc3)CO2)n1. The van der Waals surface area contributed by atoms with Gasteiger partial charge in [0.25, 0.3) is 0 Å². The molecule has 0 saturated carbocycles. The molecule has 4 nitrogen and oxygen atoms in total. The Morgan fingerprint density at radius 2 is 1.95 bits per heavy atom. The molecule has 1 atom stereocenters. The number of aromatic nitrogens is 1. The molecule has 0 spiro atoms. The number of hydrogen-bond donors (Lipinski definition) is 1. The topological polar surface area (TPSA) is 54.7 Å². The maximum atomic E-state index is 9.11. The Hall–Kier alpha value is -2.20. The minimum absolute atomic E-state index is 0.0748. The first-order valence-electron chi connectivity index (χ1n) is 6.67. The van der Waals surface area contributed by atoms with E-state index in [0.717, 1.165) is 6.42 Å². The van der Waals surface area contributed by atoms with E-state index in [1.165, 1.54) is 5.56 Å². The summed E-state index contributed by atoms with van der Waals surface area (Å²) in [6, 6.07) is 15.9. The Labute approximate surface area is 117 Å². The lowest BCUT2D eigenvalue weighted by Gasteiger charge is -2.04. The second-order valence-corrected chi connectivity index (χ2v) is 4.76. The highest BCUT2D eigenvalue weighted by atomic mass is 16.5. The van der Waals surface area contributed by atoms with Gasteiger partial charge in [-0.15, -0.1) is 0 Å². The number of rotatable bonds is 4. The lowest BCUT2D eigenvalue weighted by molar-refractivity contribution is 0.276. The molecule has 2 heterocycles. The van der Waals surface area contributed by atoms with Crippen molar-refractivity contribution in [1.82, 2.24) is 4.98 Å². The standard InChI is InChI=1S/C16H16N2O2/c19-10-13-7-4-8-15(17-13)16-18-14(11-20-16)9-12-5-2-1-3-6-12/h1-8,14,19H,9-11H2. The van der Waals surface area contributed by atoms with Crippen molar-refractivity contribution in [3.8, 4) is 0 Å². The fourth-order valence-corrected chi connectivity index (χ4v) is 2.23. The van der Waals surface area contributed by atoms with E-state index in [0.29, 0.717) is 23.9 Å². The van der Waals surface area contributed by atoms with Crippen LogP contribution in [0.1, 0.15) is 17.0 Å². The molecule has 3 rings (SSSR count). The van der Waals surface area contributed by atoms with Gasteiger partial charge in [-0.25, -0.2) is 9.98 Å². The van der Waals surface area contributed by atoms with Crippen molar-refractivity contribution in [2.45, 2.75) is 19.1 Å². The molecule has 20 heavy (non-hydrogen) atoms. The molecule has 0 aliphatic carbocycles. The van der Waals surface area contributed by atoms with Gasteiger partial charge < -0.3 is 9.84 Å². The van der Waals surface area contributed by atoms with E-state index in [1.54, 1.807) is 6.07 Å². The van der Waals surface area contributed by atoms with Crippen LogP contribution in [0.3, 0.4) is 0 Å². The van der Waals surface area contributed by atoms with E-state index in [2.05, 4.69) is 22.1 Å². The minimum Gasteiger partial charge on any atom is -0.474 e. The molecule has 0 radical (unpaired) electrons. The van der Waals surface area contributed by atoms with Gasteiger partial charge in [0.1, 0.15) is 12.3 Å². The van der Waals surface area contributed by atoms with Crippen molar-refractivity contribution < 1.29 is 9.84 Å². The molecule has 0 saturated heterocycles. The number of hydrogen-bond acceptors (Lipinski definition) is 4. The van der Waals surface area contributed by atoms with Crippen LogP contribution >= 0.6 is 0 Å². The summed E-state index contributed by atoms with van der Waals surface area (Å²) < 4.78 is 5.63. The molecule has 1 unspecified atom stereocenters. The Balaban J connectivity index is 1.74. The number of ether oxygens (including phenoxy) is 1. The zero-order chi connectivity index (χ0) is 13.8. The van der Waals surface area contributed by atoms with Gasteiger partial charge in [0.2, 0.25) is 5.90 Å². The lowest BCUT2D eigenvalue weighted by atomic mass is 10.1. The Kier molecular flexibility index (Phi) is 3.74. The van der Waals surface area contributed by atoms with E-state index >= 15 is 0 Å². The normalized spacial score (nSPS) is 17.6. The van der Waals surface area contributed by atoms with Crippen LogP contribution in [-0.4, -0.2) is 28.6 Å². The smallest absolute Gasteiger partial charge is 0.235 e. The number of aliphatic hydroxyl groups is 1. The zero-order valence-electron chi connectivity index (χ0n) is 11.1. The molecule has 2 aromatic rings. The van der Waals surface area contributed by atoms with Crippen molar-refractivity contribution >= 4 is 5.90 Å². The Morgan fingerprint density at radius 3 is 2.75 bits per heavy atom. The summed E-state index contributed by atoms with van der Waals surface area (Å²) in [5.41, 5.74) is 2.57. The molecule has 0 fully saturated rings. The van der Waals surface area contributed by atoms with Crippen LogP contribution in [-0.2, 0) is 17.8 Å². The fraction of sp³-hybridized carbons (Fsp3) is 0.250. The van der Waals surface area contributed by atoms with Gasteiger partial charge in [-0.1, -0.05) is 36.4 Å². The molecule has 1 aliphatic rings. The molecular weight excluding hydrogens is 252 g/mol. The maximum absolute atomic E-state index is 9.11. The second kappa shape index (κ2) is 5.84. The predicted octanol–water partition coefficient (Wildman–Crippen LogP) is 1.96. The van der Waals surface area contributed by atoms with Crippen molar-refractivity contribution in [3.05, 3.63) is 65.5 Å². The molecule has 0 amide bonds. The van der Waals surface area contributed by atoms with Gasteiger partial charge in [-0.3, -0.25) is 0 Å². The Bertz CT molecular complexity index is 611. The summed E-state index contributed by atoms with van der Waals surface area (Å²) in [5, 5.41) is 9.11. The van der Waals surface area contributed by atoms with Gasteiger partial charge in [0.15, 0.2) is 0 Å². The molecule has 1 aliphatic heterocycles. The largest absolute Gasteiger partial charge is 0.474 e. The van der Waals surface area contributed by atoms with Crippen molar-refractivity contribution in [2.24, 2.45) is 4.99 Å². The monoisotopic (exact) mass is 268 g/mol. The van der Waals surface area contributed by atoms with E-state index in [9.17, 15) is 0 Å². The molecule has 1 aromatic heterocycles. The molecule has 1 N–H and O–H groups in total. The summed E-state index contributed by atoms with van der Waals surface area (Å²) in [6.07, 6.45) is 0.865. The minimum atomic E-state index is -0.0748. The van der Waals surface area contributed by atoms with Gasteiger partial charge in [-0.2, -0.15) is 0 Å². The van der Waals surface area contributed by atoms with Crippen LogP contribution in [0.5, 0.6) is 0 Å². The first-order chi connectivity index (χ1) is 9.85. The van der Waals surface area contributed by atoms with Gasteiger partial charge in [0, 0.05) is 0 Å². The van der Waals surface area contributed by atoms with Gasteiger partial charge in [-0.05, 0) is 24.1 Å². The summed E-state index contributed by atoms with van der Waals surface area (Å²) in [4.78, 5) is 8.89. The number of benzene rings is 1. The van der Waals surface area contributed by atoms with Crippen molar-refractivity contribution in [2.75, 3.05) is 6.61 Å². The second-order valence-electron chi connectivity index (χ2n) is 4.76. The maximum Gasteiger partial charge on any atom is 0.235 e. The first-order valence-corrected chi connectivity index (χ1v) is 6.67. The van der Waals surface area contributed by atoms with Crippen LogP contribution in [0.25, 0.3) is 0 Å². The molecular formula is C16H16N2O2. The van der Waals surface area contributed by atoms with Crippen LogP contribution in [0.2, 0.25) is 0 Å². The average Bonchev–Trinajstić information content (AvgIpc) is 2.97. The molecule has 4 heteroatoms. The highest BCUT2D eigenvalue weighted by Gasteiger charge is 2.21. The first kappa shape index (κ1) is 12.8. The quantitative estimate of drug-likeness (QED) is 0.922. The fourth-order valence-electron chi connectivity index (χ4n) is 2.23. The number of pyridine rings is 1. The third-order valence-electron chi connectivity index (χ3n) is 3.21. The van der Waals surface area contributed by atoms with Crippen LogP contribution in [0.15, 0.2) is 53.5 Å². The summed E-state index contributed by atoms with van der Waals surface area (Å²) >= 11 is 0. The van der Waals surface area contributed by atoms with Crippen LogP contribution in [0.4, 0.5) is 0 Å². The summed E-state index contributed by atoms with van der Waals surface area (Å²) in [6.45, 7) is 0.504. The lowest BCUT2D eigenvalue weighted by Crippen LogP contribution is -2.09. The van der Waals surface area contributed by atoms with Gasteiger partial charge in [0.05, 0.1) is 18.3 Å². The van der Waals surface area contributed by atoms with E-state index in [-0.39, 0.29) is 12.6 Å². The van der Waals surface area contributed by atoms with E-state index in [4.69, 9.17) is 9.84 Å². The Morgan fingerprint density at radius 1 is 1.10 bits per heavy atom. The molecule has 1 aromatic carbocycles.